The zero-order chi connectivity index (χ0) is 16.9. The molecule has 0 spiro atoms. The normalized spacial score (nSPS) is 10.5. The molecule has 1 heterocycles. The summed E-state index contributed by atoms with van der Waals surface area (Å²) < 4.78 is 0. The van der Waals surface area contributed by atoms with Gasteiger partial charge in [-0.25, -0.2) is 0 Å². The van der Waals surface area contributed by atoms with E-state index in [-0.39, 0.29) is 11.8 Å². The van der Waals surface area contributed by atoms with Crippen molar-refractivity contribution in [1.29, 1.82) is 0 Å². The van der Waals surface area contributed by atoms with E-state index in [0.717, 1.165) is 22.0 Å². The molecule has 2 amide bonds. The molecular weight excluding hydrogens is 302 g/mol. The van der Waals surface area contributed by atoms with Crippen molar-refractivity contribution in [2.24, 2.45) is 0 Å². The van der Waals surface area contributed by atoms with Gasteiger partial charge in [0.2, 0.25) is 5.91 Å². The molecule has 0 fully saturated rings. The van der Waals surface area contributed by atoms with Crippen LogP contribution in [0, 0.1) is 6.92 Å². The third-order valence-corrected chi connectivity index (χ3v) is 3.93. The number of aromatic amines is 1. The molecule has 0 saturated heterocycles. The molecule has 5 heteroatoms. The summed E-state index contributed by atoms with van der Waals surface area (Å²) in [6.45, 7) is 1.95. The maximum absolute atomic E-state index is 11.9. The van der Waals surface area contributed by atoms with Crippen LogP contribution in [0.2, 0.25) is 0 Å². The van der Waals surface area contributed by atoms with Crippen LogP contribution in [0.25, 0.3) is 10.9 Å². The average molecular weight is 321 g/mol. The number of hydrogen-bond acceptors (Lipinski definition) is 2. The zero-order valence-electron chi connectivity index (χ0n) is 13.4. The molecule has 0 aliphatic heterocycles. The minimum atomic E-state index is -0.324. The Morgan fingerprint density at radius 2 is 1.75 bits per heavy atom. The molecule has 1 aromatic heterocycles. The zero-order valence-corrected chi connectivity index (χ0v) is 13.4. The van der Waals surface area contributed by atoms with Crippen molar-refractivity contribution in [2.75, 3.05) is 0 Å². The van der Waals surface area contributed by atoms with Crippen molar-refractivity contribution in [3.63, 3.8) is 0 Å². The number of rotatable bonds is 4. The Labute approximate surface area is 140 Å². The van der Waals surface area contributed by atoms with Gasteiger partial charge in [-0.2, -0.15) is 0 Å². The van der Waals surface area contributed by atoms with Crippen LogP contribution in [0.3, 0.4) is 0 Å². The van der Waals surface area contributed by atoms with E-state index in [2.05, 4.69) is 15.8 Å². The Bertz CT molecular complexity index is 866. The van der Waals surface area contributed by atoms with Gasteiger partial charge in [-0.15, -0.1) is 0 Å². The smallest absolute Gasteiger partial charge is 0.269 e. The van der Waals surface area contributed by atoms with Crippen molar-refractivity contribution in [3.05, 3.63) is 71.4 Å². The number of benzene rings is 2. The molecule has 0 bridgehead atoms. The first-order chi connectivity index (χ1) is 11.6. The number of hydrazine groups is 1. The SMILES string of the molecule is Cc1ccc(C(=O)NNC(=O)CCc2c[nH]c3ccccc23)cc1. The molecule has 5 nitrogen and oxygen atoms in total. The highest BCUT2D eigenvalue weighted by Gasteiger charge is 2.09. The molecule has 24 heavy (non-hydrogen) atoms. The van der Waals surface area contributed by atoms with Gasteiger partial charge in [0.15, 0.2) is 0 Å². The molecule has 0 saturated carbocycles. The summed E-state index contributed by atoms with van der Waals surface area (Å²) in [5.41, 5.74) is 8.63. The fraction of sp³-hybridized carbons (Fsp3) is 0.158. The monoisotopic (exact) mass is 321 g/mol. The van der Waals surface area contributed by atoms with E-state index in [1.807, 2.05) is 49.5 Å². The standard InChI is InChI=1S/C19H19N3O2/c1-13-6-8-14(9-7-13)19(24)22-21-18(23)11-10-15-12-20-17-5-3-2-4-16(15)17/h2-9,12,20H,10-11H2,1H3,(H,21,23)(H,22,24). The second-order valence-corrected chi connectivity index (χ2v) is 5.73. The number of fused-ring (bicyclic) bond motifs is 1. The number of aromatic nitrogens is 1. The van der Waals surface area contributed by atoms with E-state index in [0.29, 0.717) is 18.4 Å². The van der Waals surface area contributed by atoms with Gasteiger partial charge < -0.3 is 4.98 Å². The van der Waals surface area contributed by atoms with Crippen LogP contribution < -0.4 is 10.9 Å². The van der Waals surface area contributed by atoms with Crippen LogP contribution in [0.1, 0.15) is 27.9 Å². The van der Waals surface area contributed by atoms with Crippen LogP contribution in [0.4, 0.5) is 0 Å². The van der Waals surface area contributed by atoms with Crippen LogP contribution in [-0.4, -0.2) is 16.8 Å². The van der Waals surface area contributed by atoms with Crippen molar-refractivity contribution >= 4 is 22.7 Å². The topological polar surface area (TPSA) is 74.0 Å². The van der Waals surface area contributed by atoms with E-state index in [1.165, 1.54) is 0 Å². The van der Waals surface area contributed by atoms with Gasteiger partial charge in [-0.05, 0) is 37.1 Å². The summed E-state index contributed by atoms with van der Waals surface area (Å²) in [6.07, 6.45) is 2.83. The van der Waals surface area contributed by atoms with E-state index in [4.69, 9.17) is 0 Å². The second kappa shape index (κ2) is 7.00. The second-order valence-electron chi connectivity index (χ2n) is 5.73. The largest absolute Gasteiger partial charge is 0.361 e. The van der Waals surface area contributed by atoms with Crippen LogP contribution in [0.15, 0.2) is 54.7 Å². The number of carbonyl (C=O) groups excluding carboxylic acids is 2. The third kappa shape index (κ3) is 3.63. The molecule has 2 aromatic carbocycles. The Morgan fingerprint density at radius 1 is 1.00 bits per heavy atom. The molecule has 0 radical (unpaired) electrons. The Morgan fingerprint density at radius 3 is 2.54 bits per heavy atom. The van der Waals surface area contributed by atoms with Gasteiger partial charge in [0.1, 0.15) is 0 Å². The Kier molecular flexibility index (Phi) is 4.61. The lowest BCUT2D eigenvalue weighted by atomic mass is 10.1. The summed E-state index contributed by atoms with van der Waals surface area (Å²) in [6, 6.07) is 15.1. The van der Waals surface area contributed by atoms with Crippen molar-refractivity contribution < 1.29 is 9.59 Å². The molecule has 3 rings (SSSR count). The molecule has 0 aliphatic carbocycles. The van der Waals surface area contributed by atoms with Gasteiger partial charge in [-0.3, -0.25) is 20.4 Å². The molecule has 0 atom stereocenters. The number of aryl methyl sites for hydroxylation is 2. The van der Waals surface area contributed by atoms with Crippen molar-refractivity contribution in [2.45, 2.75) is 19.8 Å². The first-order valence-corrected chi connectivity index (χ1v) is 7.84. The third-order valence-electron chi connectivity index (χ3n) is 3.93. The van der Waals surface area contributed by atoms with Crippen LogP contribution in [0.5, 0.6) is 0 Å². The van der Waals surface area contributed by atoms with Crippen molar-refractivity contribution in [1.82, 2.24) is 15.8 Å². The van der Waals surface area contributed by atoms with E-state index < -0.39 is 0 Å². The van der Waals surface area contributed by atoms with Gasteiger partial charge in [0.25, 0.3) is 5.91 Å². The lowest BCUT2D eigenvalue weighted by Gasteiger charge is -2.07. The van der Waals surface area contributed by atoms with Gasteiger partial charge >= 0.3 is 0 Å². The quantitative estimate of drug-likeness (QED) is 0.646. The highest BCUT2D eigenvalue weighted by Crippen LogP contribution is 2.18. The summed E-state index contributed by atoms with van der Waals surface area (Å²) in [5, 5.41) is 1.12. The van der Waals surface area contributed by atoms with Gasteiger partial charge in [0, 0.05) is 29.1 Å². The first-order valence-electron chi connectivity index (χ1n) is 7.84. The predicted molar refractivity (Wildman–Crippen MR) is 93.4 cm³/mol. The van der Waals surface area contributed by atoms with Gasteiger partial charge in [0.05, 0.1) is 0 Å². The fourth-order valence-corrected chi connectivity index (χ4v) is 2.55. The lowest BCUT2D eigenvalue weighted by molar-refractivity contribution is -0.121. The van der Waals surface area contributed by atoms with E-state index in [9.17, 15) is 9.59 Å². The Balaban J connectivity index is 1.51. The molecular formula is C19H19N3O2. The summed E-state index contributed by atoms with van der Waals surface area (Å²) in [4.78, 5) is 27.1. The van der Waals surface area contributed by atoms with Crippen LogP contribution >= 0.6 is 0 Å². The highest BCUT2D eigenvalue weighted by atomic mass is 16.2. The molecule has 0 unspecified atom stereocenters. The van der Waals surface area contributed by atoms with Gasteiger partial charge in [-0.1, -0.05) is 35.9 Å². The maximum atomic E-state index is 11.9. The number of para-hydroxylation sites is 1. The van der Waals surface area contributed by atoms with Crippen LogP contribution in [-0.2, 0) is 11.2 Å². The maximum Gasteiger partial charge on any atom is 0.269 e. The summed E-state index contributed by atoms with van der Waals surface area (Å²) in [5.74, 6) is -0.545. The molecule has 122 valence electrons. The molecule has 0 aliphatic rings. The minimum absolute atomic E-state index is 0.222. The van der Waals surface area contributed by atoms with E-state index >= 15 is 0 Å². The number of amides is 2. The summed E-state index contributed by atoms with van der Waals surface area (Å²) >= 11 is 0. The fourth-order valence-electron chi connectivity index (χ4n) is 2.55. The molecule has 3 aromatic rings. The Hall–Kier alpha value is -3.08. The predicted octanol–water partition coefficient (Wildman–Crippen LogP) is 2.87. The number of hydrogen-bond donors (Lipinski definition) is 3. The number of carbonyl (C=O) groups is 2. The molecule has 3 N–H and O–H groups in total. The minimum Gasteiger partial charge on any atom is -0.361 e. The average Bonchev–Trinajstić information content (AvgIpc) is 3.01. The number of nitrogens with one attached hydrogen (secondary N) is 3. The summed E-state index contributed by atoms with van der Waals surface area (Å²) in [7, 11) is 0. The highest BCUT2D eigenvalue weighted by molar-refractivity contribution is 5.95. The van der Waals surface area contributed by atoms with E-state index in [1.54, 1.807) is 12.1 Å². The first kappa shape index (κ1) is 15.8. The lowest BCUT2D eigenvalue weighted by Crippen LogP contribution is -2.41. The number of H-pyrrole nitrogens is 1. The van der Waals surface area contributed by atoms with Crippen molar-refractivity contribution in [3.8, 4) is 0 Å².